The molecule has 0 rings (SSSR count). The lowest BCUT2D eigenvalue weighted by Gasteiger charge is -2.08. The second-order valence-electron chi connectivity index (χ2n) is 6.69. The van der Waals surface area contributed by atoms with Crippen molar-refractivity contribution in [3.05, 3.63) is 34.9 Å². The van der Waals surface area contributed by atoms with Crippen LogP contribution in [-0.2, 0) is 9.53 Å². The van der Waals surface area contributed by atoms with Gasteiger partial charge in [-0.3, -0.25) is 4.79 Å². The summed E-state index contributed by atoms with van der Waals surface area (Å²) in [4.78, 5) is 11.2. The molecule has 3 heteroatoms. The van der Waals surface area contributed by atoms with E-state index >= 15 is 0 Å². The standard InChI is InChI=1S/C21H36O3/c1-6-24-21(23)15-9-14-20(22)16-19(5)13-8-12-18(4)11-7-10-17(2)3/h10,12,16,20,22H,6-9,11,13-15H2,1-5H3/b18-12+,19-16+. The molecule has 138 valence electrons. The third kappa shape index (κ3) is 14.3. The van der Waals surface area contributed by atoms with Crippen LogP contribution in [-0.4, -0.2) is 23.8 Å². The summed E-state index contributed by atoms with van der Waals surface area (Å²) in [6.45, 7) is 10.7. The van der Waals surface area contributed by atoms with Crippen LogP contribution in [0.5, 0.6) is 0 Å². The van der Waals surface area contributed by atoms with E-state index in [-0.39, 0.29) is 5.97 Å². The molecular weight excluding hydrogens is 300 g/mol. The summed E-state index contributed by atoms with van der Waals surface area (Å²) in [5.41, 5.74) is 4.00. The molecule has 0 aliphatic heterocycles. The molecule has 0 bridgehead atoms. The number of ether oxygens (including phenoxy) is 1. The van der Waals surface area contributed by atoms with E-state index in [1.807, 2.05) is 6.08 Å². The summed E-state index contributed by atoms with van der Waals surface area (Å²) in [6.07, 6.45) is 11.9. The molecule has 0 aromatic heterocycles. The highest BCUT2D eigenvalue weighted by Crippen LogP contribution is 2.13. The number of carbonyl (C=O) groups excluding carboxylic acids is 1. The SMILES string of the molecule is CCOC(=O)CCCC(O)/C=C(\C)CC/C=C(\C)CCC=C(C)C. The molecule has 0 saturated carbocycles. The smallest absolute Gasteiger partial charge is 0.305 e. The Morgan fingerprint density at radius 2 is 1.62 bits per heavy atom. The molecular formula is C21H36O3. The van der Waals surface area contributed by atoms with Crippen LogP contribution in [0, 0.1) is 0 Å². The first kappa shape index (κ1) is 22.6. The minimum atomic E-state index is -0.470. The van der Waals surface area contributed by atoms with Gasteiger partial charge in [-0.25, -0.2) is 0 Å². The van der Waals surface area contributed by atoms with Gasteiger partial charge in [-0.15, -0.1) is 0 Å². The van der Waals surface area contributed by atoms with E-state index in [0.717, 1.165) is 25.7 Å². The molecule has 1 atom stereocenters. The van der Waals surface area contributed by atoms with Crippen molar-refractivity contribution in [1.82, 2.24) is 0 Å². The topological polar surface area (TPSA) is 46.5 Å². The van der Waals surface area contributed by atoms with Crippen molar-refractivity contribution in [2.24, 2.45) is 0 Å². The Morgan fingerprint density at radius 1 is 1.00 bits per heavy atom. The highest BCUT2D eigenvalue weighted by atomic mass is 16.5. The number of hydrogen-bond acceptors (Lipinski definition) is 3. The average Bonchev–Trinajstić information content (AvgIpc) is 2.46. The molecule has 1 unspecified atom stereocenters. The molecule has 0 amide bonds. The first-order valence-corrected chi connectivity index (χ1v) is 9.15. The number of aliphatic hydroxyl groups is 1. The van der Waals surface area contributed by atoms with Gasteiger partial charge in [-0.05, 0) is 73.1 Å². The maximum atomic E-state index is 11.2. The lowest BCUT2D eigenvalue weighted by atomic mass is 10.0. The second kappa shape index (κ2) is 14.0. The van der Waals surface area contributed by atoms with Gasteiger partial charge in [-0.1, -0.05) is 34.9 Å². The van der Waals surface area contributed by atoms with Crippen LogP contribution in [0.25, 0.3) is 0 Å². The van der Waals surface area contributed by atoms with Gasteiger partial charge in [0.2, 0.25) is 0 Å². The molecule has 0 saturated heterocycles. The van der Waals surface area contributed by atoms with Crippen LogP contribution in [0.2, 0.25) is 0 Å². The first-order chi connectivity index (χ1) is 11.3. The van der Waals surface area contributed by atoms with Crippen LogP contribution in [0.3, 0.4) is 0 Å². The number of aliphatic hydroxyl groups excluding tert-OH is 1. The molecule has 0 aromatic carbocycles. The number of allylic oxidation sites excluding steroid dienone is 5. The van der Waals surface area contributed by atoms with Gasteiger partial charge in [0.15, 0.2) is 0 Å². The molecule has 3 nitrogen and oxygen atoms in total. The van der Waals surface area contributed by atoms with Gasteiger partial charge in [0.05, 0.1) is 12.7 Å². The molecule has 0 heterocycles. The van der Waals surface area contributed by atoms with E-state index in [9.17, 15) is 9.90 Å². The van der Waals surface area contributed by atoms with Gasteiger partial charge in [-0.2, -0.15) is 0 Å². The quantitative estimate of drug-likeness (QED) is 0.378. The Balaban J connectivity index is 3.99. The second-order valence-corrected chi connectivity index (χ2v) is 6.69. The van der Waals surface area contributed by atoms with Crippen molar-refractivity contribution in [3.8, 4) is 0 Å². The number of hydrogen-bond donors (Lipinski definition) is 1. The minimum Gasteiger partial charge on any atom is -0.466 e. The van der Waals surface area contributed by atoms with Crippen molar-refractivity contribution in [2.45, 2.75) is 85.7 Å². The zero-order valence-corrected chi connectivity index (χ0v) is 16.2. The summed E-state index contributed by atoms with van der Waals surface area (Å²) < 4.78 is 4.88. The van der Waals surface area contributed by atoms with Crippen molar-refractivity contribution in [3.63, 3.8) is 0 Å². The third-order valence-corrected chi connectivity index (χ3v) is 3.79. The van der Waals surface area contributed by atoms with E-state index in [2.05, 4.69) is 39.8 Å². The fraction of sp³-hybridized carbons (Fsp3) is 0.667. The molecule has 1 N–H and O–H groups in total. The monoisotopic (exact) mass is 336 g/mol. The minimum absolute atomic E-state index is 0.181. The molecule has 0 radical (unpaired) electrons. The van der Waals surface area contributed by atoms with Gasteiger partial charge in [0.1, 0.15) is 0 Å². The van der Waals surface area contributed by atoms with Crippen molar-refractivity contribution in [2.75, 3.05) is 6.61 Å². The van der Waals surface area contributed by atoms with Crippen LogP contribution in [0.15, 0.2) is 34.9 Å². The summed E-state index contributed by atoms with van der Waals surface area (Å²) in [6, 6.07) is 0. The van der Waals surface area contributed by atoms with Crippen LogP contribution < -0.4 is 0 Å². The lowest BCUT2D eigenvalue weighted by molar-refractivity contribution is -0.143. The van der Waals surface area contributed by atoms with Gasteiger partial charge >= 0.3 is 5.97 Å². The van der Waals surface area contributed by atoms with Crippen molar-refractivity contribution in [1.29, 1.82) is 0 Å². The normalized spacial score (nSPS) is 13.6. The number of rotatable bonds is 12. The number of carbonyl (C=O) groups is 1. The summed E-state index contributed by atoms with van der Waals surface area (Å²) >= 11 is 0. The van der Waals surface area contributed by atoms with Crippen LogP contribution in [0.4, 0.5) is 0 Å². The molecule has 24 heavy (non-hydrogen) atoms. The Hall–Kier alpha value is -1.35. The third-order valence-electron chi connectivity index (χ3n) is 3.79. The zero-order chi connectivity index (χ0) is 18.4. The fourth-order valence-electron chi connectivity index (χ4n) is 2.42. The zero-order valence-electron chi connectivity index (χ0n) is 16.2. The highest BCUT2D eigenvalue weighted by molar-refractivity contribution is 5.69. The van der Waals surface area contributed by atoms with Gasteiger partial charge in [0.25, 0.3) is 0 Å². The predicted octanol–water partition coefficient (Wildman–Crippen LogP) is 5.50. The van der Waals surface area contributed by atoms with Crippen LogP contribution in [0.1, 0.15) is 79.6 Å². The largest absolute Gasteiger partial charge is 0.466 e. The molecule has 0 aromatic rings. The maximum Gasteiger partial charge on any atom is 0.305 e. The Labute approximate surface area is 148 Å². The van der Waals surface area contributed by atoms with Crippen LogP contribution >= 0.6 is 0 Å². The average molecular weight is 337 g/mol. The Bertz CT molecular complexity index is 440. The van der Waals surface area contributed by atoms with Crippen molar-refractivity contribution < 1.29 is 14.6 Å². The molecule has 0 spiro atoms. The van der Waals surface area contributed by atoms with Gasteiger partial charge < -0.3 is 9.84 Å². The lowest BCUT2D eigenvalue weighted by Crippen LogP contribution is -2.07. The predicted molar refractivity (Wildman–Crippen MR) is 102 cm³/mol. The fourth-order valence-corrected chi connectivity index (χ4v) is 2.42. The highest BCUT2D eigenvalue weighted by Gasteiger charge is 2.05. The molecule has 0 aliphatic carbocycles. The van der Waals surface area contributed by atoms with E-state index in [4.69, 9.17) is 4.74 Å². The van der Waals surface area contributed by atoms with Gasteiger partial charge in [0, 0.05) is 6.42 Å². The maximum absolute atomic E-state index is 11.2. The summed E-state index contributed by atoms with van der Waals surface area (Å²) in [7, 11) is 0. The summed E-state index contributed by atoms with van der Waals surface area (Å²) in [5.74, 6) is -0.181. The van der Waals surface area contributed by atoms with E-state index < -0.39 is 6.10 Å². The molecule has 0 aliphatic rings. The first-order valence-electron chi connectivity index (χ1n) is 9.15. The Morgan fingerprint density at radius 3 is 2.25 bits per heavy atom. The van der Waals surface area contributed by atoms with E-state index in [1.165, 1.54) is 16.7 Å². The number of esters is 1. The molecule has 0 fully saturated rings. The van der Waals surface area contributed by atoms with E-state index in [1.54, 1.807) is 6.92 Å². The van der Waals surface area contributed by atoms with Crippen molar-refractivity contribution >= 4 is 5.97 Å². The van der Waals surface area contributed by atoms with E-state index in [0.29, 0.717) is 25.9 Å². The summed E-state index contributed by atoms with van der Waals surface area (Å²) in [5, 5.41) is 9.99. The Kier molecular flexibility index (Phi) is 13.2.